The van der Waals surface area contributed by atoms with E-state index in [1.807, 2.05) is 0 Å². The summed E-state index contributed by atoms with van der Waals surface area (Å²) in [6, 6.07) is 7.04. The zero-order valence-corrected chi connectivity index (χ0v) is 14.3. The molecule has 2 fully saturated rings. The van der Waals surface area contributed by atoms with Crippen LogP contribution in [0.2, 0.25) is 0 Å². The van der Waals surface area contributed by atoms with Gasteiger partial charge in [-0.25, -0.2) is 0 Å². The van der Waals surface area contributed by atoms with Gasteiger partial charge in [0.05, 0.1) is 13.2 Å². The summed E-state index contributed by atoms with van der Waals surface area (Å²) in [5, 5.41) is 0. The fourth-order valence-corrected chi connectivity index (χ4v) is 5.94. The molecule has 1 spiro atoms. The second-order valence-corrected chi connectivity index (χ2v) is 8.12. The number of benzene rings is 1. The van der Waals surface area contributed by atoms with Crippen LogP contribution in [0.15, 0.2) is 23.8 Å². The molecule has 2 nitrogen and oxygen atoms in total. The normalized spacial score (nSPS) is 34.4. The summed E-state index contributed by atoms with van der Waals surface area (Å²) in [5.41, 5.74) is 8.04. The Kier molecular flexibility index (Phi) is 2.91. The summed E-state index contributed by atoms with van der Waals surface area (Å²) in [5.74, 6) is 0.364. The standard InChI is InChI=1S/C21H26O2/c1-14-3-5-16-15(13-14)4-6-18-17(16)7-9-20(2)19(18)8-10-21(20)22-11-12-23-21/h3,5,13,19H,4,6-12H2,1-2H3/t19-,20-/m0/s1. The third-order valence-corrected chi connectivity index (χ3v) is 7.11. The zero-order valence-electron chi connectivity index (χ0n) is 14.3. The Morgan fingerprint density at radius 3 is 2.70 bits per heavy atom. The first kappa shape index (κ1) is 14.2. The van der Waals surface area contributed by atoms with Gasteiger partial charge < -0.3 is 9.47 Å². The molecule has 1 aromatic carbocycles. The number of allylic oxidation sites excluding steroid dienone is 2. The van der Waals surface area contributed by atoms with Crippen LogP contribution in [0, 0.1) is 18.3 Å². The van der Waals surface area contributed by atoms with Crippen LogP contribution in [0.5, 0.6) is 0 Å². The summed E-state index contributed by atoms with van der Waals surface area (Å²) in [6.45, 7) is 6.19. The molecule has 0 amide bonds. The Bertz CT molecular complexity index is 696. The molecule has 0 bridgehead atoms. The minimum atomic E-state index is -0.288. The number of hydrogen-bond donors (Lipinski definition) is 0. The molecular weight excluding hydrogens is 284 g/mol. The van der Waals surface area contributed by atoms with Gasteiger partial charge in [-0.2, -0.15) is 0 Å². The van der Waals surface area contributed by atoms with Crippen molar-refractivity contribution < 1.29 is 9.47 Å². The van der Waals surface area contributed by atoms with Gasteiger partial charge in [0.25, 0.3) is 0 Å². The second-order valence-electron chi connectivity index (χ2n) is 8.12. The molecule has 1 aliphatic heterocycles. The fraction of sp³-hybridized carbons (Fsp3) is 0.619. The first-order valence-corrected chi connectivity index (χ1v) is 9.23. The predicted molar refractivity (Wildman–Crippen MR) is 91.1 cm³/mol. The van der Waals surface area contributed by atoms with Gasteiger partial charge in [-0.3, -0.25) is 0 Å². The lowest BCUT2D eigenvalue weighted by molar-refractivity contribution is -0.225. The molecule has 122 valence electrons. The SMILES string of the molecule is Cc1ccc2c(c1)CCC1=C2CC[C@@]2(C)[C@H]1CCC21OCCO1. The van der Waals surface area contributed by atoms with Crippen molar-refractivity contribution in [2.45, 2.75) is 58.2 Å². The van der Waals surface area contributed by atoms with Crippen molar-refractivity contribution in [2.75, 3.05) is 13.2 Å². The molecule has 2 heteroatoms. The van der Waals surface area contributed by atoms with Crippen LogP contribution in [-0.2, 0) is 15.9 Å². The molecule has 1 saturated carbocycles. The lowest BCUT2D eigenvalue weighted by atomic mass is 9.61. The van der Waals surface area contributed by atoms with Crippen molar-refractivity contribution in [1.82, 2.24) is 0 Å². The highest BCUT2D eigenvalue weighted by molar-refractivity contribution is 5.75. The monoisotopic (exact) mass is 310 g/mol. The zero-order chi connectivity index (χ0) is 15.7. The van der Waals surface area contributed by atoms with Gasteiger partial charge in [0.15, 0.2) is 5.79 Å². The van der Waals surface area contributed by atoms with E-state index in [0.29, 0.717) is 5.92 Å². The molecule has 23 heavy (non-hydrogen) atoms. The smallest absolute Gasteiger partial charge is 0.174 e. The van der Waals surface area contributed by atoms with E-state index >= 15 is 0 Å². The van der Waals surface area contributed by atoms with E-state index in [1.54, 1.807) is 16.7 Å². The van der Waals surface area contributed by atoms with Crippen LogP contribution >= 0.6 is 0 Å². The average Bonchev–Trinajstić information content (AvgIpc) is 3.14. The maximum atomic E-state index is 6.19. The number of fused-ring (bicyclic) bond motifs is 5. The van der Waals surface area contributed by atoms with Crippen molar-refractivity contribution in [3.05, 3.63) is 40.5 Å². The lowest BCUT2D eigenvalue weighted by Gasteiger charge is -2.47. The number of ether oxygens (including phenoxy) is 2. The minimum Gasteiger partial charge on any atom is -0.347 e. The summed E-state index contributed by atoms with van der Waals surface area (Å²) in [4.78, 5) is 0. The maximum Gasteiger partial charge on any atom is 0.174 e. The Balaban J connectivity index is 1.60. The minimum absolute atomic E-state index is 0.171. The molecule has 1 heterocycles. The van der Waals surface area contributed by atoms with Crippen LogP contribution in [0.25, 0.3) is 5.57 Å². The van der Waals surface area contributed by atoms with E-state index in [9.17, 15) is 0 Å². The third-order valence-electron chi connectivity index (χ3n) is 7.11. The van der Waals surface area contributed by atoms with Crippen molar-refractivity contribution in [3.8, 4) is 0 Å². The van der Waals surface area contributed by atoms with E-state index in [2.05, 4.69) is 32.0 Å². The maximum absolute atomic E-state index is 6.19. The van der Waals surface area contributed by atoms with E-state index in [4.69, 9.17) is 9.47 Å². The largest absolute Gasteiger partial charge is 0.347 e. The average molecular weight is 310 g/mol. The molecule has 4 aliphatic rings. The highest BCUT2D eigenvalue weighted by atomic mass is 16.7. The number of rotatable bonds is 0. The molecule has 5 rings (SSSR count). The molecule has 1 saturated heterocycles. The Hall–Kier alpha value is -1.12. The van der Waals surface area contributed by atoms with Crippen molar-refractivity contribution in [1.29, 1.82) is 0 Å². The van der Waals surface area contributed by atoms with E-state index in [1.165, 1.54) is 43.2 Å². The highest BCUT2D eigenvalue weighted by Gasteiger charge is 2.62. The topological polar surface area (TPSA) is 18.5 Å². The van der Waals surface area contributed by atoms with Crippen LogP contribution in [-0.4, -0.2) is 19.0 Å². The van der Waals surface area contributed by atoms with E-state index < -0.39 is 0 Å². The van der Waals surface area contributed by atoms with Gasteiger partial charge >= 0.3 is 0 Å². The first-order chi connectivity index (χ1) is 11.1. The third kappa shape index (κ3) is 1.77. The molecule has 0 radical (unpaired) electrons. The Morgan fingerprint density at radius 2 is 1.87 bits per heavy atom. The molecule has 3 aliphatic carbocycles. The second kappa shape index (κ2) is 4.70. The van der Waals surface area contributed by atoms with Gasteiger partial charge in [-0.05, 0) is 61.6 Å². The van der Waals surface area contributed by atoms with Crippen LogP contribution in [0.3, 0.4) is 0 Å². The lowest BCUT2D eigenvalue weighted by Crippen LogP contribution is -2.48. The van der Waals surface area contributed by atoms with Gasteiger partial charge in [-0.1, -0.05) is 36.3 Å². The van der Waals surface area contributed by atoms with Crippen molar-refractivity contribution >= 4 is 5.57 Å². The molecule has 1 aromatic rings. The van der Waals surface area contributed by atoms with Crippen LogP contribution in [0.4, 0.5) is 0 Å². The molecule has 2 atom stereocenters. The van der Waals surface area contributed by atoms with Gasteiger partial charge in [-0.15, -0.1) is 0 Å². The van der Waals surface area contributed by atoms with Crippen molar-refractivity contribution in [3.63, 3.8) is 0 Å². The van der Waals surface area contributed by atoms with Gasteiger partial charge in [0.1, 0.15) is 0 Å². The fourth-order valence-electron chi connectivity index (χ4n) is 5.94. The summed E-state index contributed by atoms with van der Waals surface area (Å²) in [7, 11) is 0. The Morgan fingerprint density at radius 1 is 1.04 bits per heavy atom. The molecule has 0 N–H and O–H groups in total. The van der Waals surface area contributed by atoms with Crippen LogP contribution in [0.1, 0.15) is 55.7 Å². The molecule has 0 aromatic heterocycles. The first-order valence-electron chi connectivity index (χ1n) is 9.23. The van der Waals surface area contributed by atoms with Crippen molar-refractivity contribution in [2.24, 2.45) is 11.3 Å². The van der Waals surface area contributed by atoms with Gasteiger partial charge in [0.2, 0.25) is 0 Å². The number of hydrogen-bond acceptors (Lipinski definition) is 2. The summed E-state index contributed by atoms with van der Waals surface area (Å²) in [6.07, 6.45) is 7.14. The molecular formula is C21H26O2. The van der Waals surface area contributed by atoms with Crippen LogP contribution < -0.4 is 0 Å². The highest BCUT2D eigenvalue weighted by Crippen LogP contribution is 2.64. The van der Waals surface area contributed by atoms with E-state index in [0.717, 1.165) is 19.6 Å². The predicted octanol–water partition coefficient (Wildman–Crippen LogP) is 4.65. The van der Waals surface area contributed by atoms with E-state index in [-0.39, 0.29) is 11.2 Å². The Labute approximate surface area is 138 Å². The number of aryl methyl sites for hydroxylation is 2. The van der Waals surface area contributed by atoms with Gasteiger partial charge in [0, 0.05) is 11.8 Å². The summed E-state index contributed by atoms with van der Waals surface area (Å²) < 4.78 is 12.4. The summed E-state index contributed by atoms with van der Waals surface area (Å²) >= 11 is 0. The quantitative estimate of drug-likeness (QED) is 0.694. The molecule has 0 unspecified atom stereocenters.